The Kier molecular flexibility index (Phi) is 2.38. The van der Waals surface area contributed by atoms with Gasteiger partial charge in [-0.2, -0.15) is 0 Å². The van der Waals surface area contributed by atoms with Crippen LogP contribution >= 0.6 is 11.8 Å². The second-order valence-corrected chi connectivity index (χ2v) is 3.18. The van der Waals surface area contributed by atoms with Crippen molar-refractivity contribution in [3.05, 3.63) is 11.6 Å². The molecule has 0 spiro atoms. The Morgan fingerprint density at radius 2 is 2.50 bits per heavy atom. The molecule has 3 heteroatoms. The van der Waals surface area contributed by atoms with E-state index >= 15 is 0 Å². The minimum Gasteiger partial charge on any atom is -0.328 e. The van der Waals surface area contributed by atoms with E-state index in [2.05, 4.69) is 11.6 Å². The molecule has 0 unspecified atom stereocenters. The van der Waals surface area contributed by atoms with Crippen LogP contribution in [-0.4, -0.2) is 30.1 Å². The van der Waals surface area contributed by atoms with Crippen molar-refractivity contribution in [3.8, 4) is 0 Å². The summed E-state index contributed by atoms with van der Waals surface area (Å²) in [7, 11) is 2.01. The lowest BCUT2D eigenvalue weighted by atomic mass is 10.6. The van der Waals surface area contributed by atoms with Gasteiger partial charge in [-0.25, -0.2) is 0 Å². The Bertz CT molecular complexity index is 174. The lowest BCUT2D eigenvalue weighted by molar-refractivity contribution is 0.678. The van der Waals surface area contributed by atoms with Crippen molar-refractivity contribution in [1.29, 1.82) is 0 Å². The molecule has 0 aromatic heterocycles. The second-order valence-electron chi connectivity index (χ2n) is 2.13. The molecule has 0 N–H and O–H groups in total. The highest BCUT2D eigenvalue weighted by molar-refractivity contribution is 8.04. The van der Waals surface area contributed by atoms with Crippen molar-refractivity contribution < 1.29 is 0 Å². The third kappa shape index (κ3) is 1.34. The van der Waals surface area contributed by atoms with Crippen molar-refractivity contribution in [2.45, 2.75) is 6.92 Å². The third-order valence-electron chi connectivity index (χ3n) is 1.47. The van der Waals surface area contributed by atoms with Gasteiger partial charge in [0.05, 0.1) is 10.8 Å². The molecule has 0 aliphatic carbocycles. The van der Waals surface area contributed by atoms with Gasteiger partial charge in [0.1, 0.15) is 5.84 Å². The van der Waals surface area contributed by atoms with Crippen molar-refractivity contribution >= 4 is 17.6 Å². The van der Waals surface area contributed by atoms with E-state index in [0.717, 1.165) is 23.2 Å². The summed E-state index contributed by atoms with van der Waals surface area (Å²) in [5.74, 6) is 2.14. The third-order valence-corrected chi connectivity index (χ3v) is 2.48. The Morgan fingerprint density at radius 1 is 1.80 bits per heavy atom. The number of aliphatic imine (C=N–C) groups is 1. The van der Waals surface area contributed by atoms with Crippen LogP contribution in [0.1, 0.15) is 6.92 Å². The number of rotatable bonds is 1. The number of nitrogens with zero attached hydrogens (tertiary/aromatic N) is 2. The van der Waals surface area contributed by atoms with Crippen LogP contribution in [-0.2, 0) is 0 Å². The zero-order valence-electron chi connectivity index (χ0n) is 6.42. The monoisotopic (exact) mass is 156 g/mol. The van der Waals surface area contributed by atoms with Crippen molar-refractivity contribution in [2.24, 2.45) is 4.99 Å². The fourth-order valence-electron chi connectivity index (χ4n) is 0.820. The normalized spacial score (nSPS) is 22.8. The number of hydrogen-bond acceptors (Lipinski definition) is 2. The van der Waals surface area contributed by atoms with Crippen LogP contribution in [0, 0.1) is 0 Å². The summed E-state index contributed by atoms with van der Waals surface area (Å²) in [5, 5.41) is 1.10. The molecule has 56 valence electrons. The first-order chi connectivity index (χ1) is 4.75. The maximum atomic E-state index is 4.32. The van der Waals surface area contributed by atoms with Crippen LogP contribution in [0.5, 0.6) is 0 Å². The SMILES string of the molecule is C=C1SCC(=NCC)N1C. The lowest BCUT2D eigenvalue weighted by Gasteiger charge is -2.10. The fourth-order valence-corrected chi connectivity index (χ4v) is 1.70. The zero-order valence-corrected chi connectivity index (χ0v) is 7.24. The molecule has 1 aliphatic rings. The van der Waals surface area contributed by atoms with Crippen LogP contribution in [0.15, 0.2) is 16.6 Å². The molecule has 0 amide bonds. The van der Waals surface area contributed by atoms with E-state index < -0.39 is 0 Å². The quantitative estimate of drug-likeness (QED) is 0.572. The molecule has 0 atom stereocenters. The first-order valence-electron chi connectivity index (χ1n) is 3.34. The highest BCUT2D eigenvalue weighted by atomic mass is 32.2. The van der Waals surface area contributed by atoms with E-state index in [-0.39, 0.29) is 0 Å². The van der Waals surface area contributed by atoms with E-state index in [9.17, 15) is 0 Å². The molecule has 0 saturated carbocycles. The minimum atomic E-state index is 0.869. The van der Waals surface area contributed by atoms with Gasteiger partial charge < -0.3 is 4.90 Å². The van der Waals surface area contributed by atoms with Crippen LogP contribution in [0.3, 0.4) is 0 Å². The Hall–Kier alpha value is -0.440. The highest BCUT2D eigenvalue weighted by Gasteiger charge is 2.17. The van der Waals surface area contributed by atoms with E-state index in [1.807, 2.05) is 18.9 Å². The largest absolute Gasteiger partial charge is 0.328 e. The minimum absolute atomic E-state index is 0.869. The summed E-state index contributed by atoms with van der Waals surface area (Å²) >= 11 is 1.75. The summed E-state index contributed by atoms with van der Waals surface area (Å²) < 4.78 is 0. The van der Waals surface area contributed by atoms with Gasteiger partial charge in [0, 0.05) is 13.6 Å². The van der Waals surface area contributed by atoms with Crippen LogP contribution < -0.4 is 0 Å². The second kappa shape index (κ2) is 3.10. The van der Waals surface area contributed by atoms with Gasteiger partial charge in [0.2, 0.25) is 0 Å². The van der Waals surface area contributed by atoms with E-state index in [1.165, 1.54) is 0 Å². The van der Waals surface area contributed by atoms with Crippen molar-refractivity contribution in [2.75, 3.05) is 19.3 Å². The molecule has 10 heavy (non-hydrogen) atoms. The van der Waals surface area contributed by atoms with Crippen molar-refractivity contribution in [1.82, 2.24) is 4.90 Å². The highest BCUT2D eigenvalue weighted by Crippen LogP contribution is 2.25. The number of hydrogen-bond donors (Lipinski definition) is 0. The summed E-state index contributed by atoms with van der Waals surface area (Å²) in [5.41, 5.74) is 0. The van der Waals surface area contributed by atoms with E-state index in [4.69, 9.17) is 0 Å². The maximum absolute atomic E-state index is 4.32. The van der Waals surface area contributed by atoms with Gasteiger partial charge in [0.15, 0.2) is 0 Å². The maximum Gasteiger partial charge on any atom is 0.114 e. The molecule has 0 radical (unpaired) electrons. The molecule has 0 aromatic carbocycles. The summed E-state index contributed by atoms with van der Waals surface area (Å²) in [4.78, 5) is 6.37. The van der Waals surface area contributed by atoms with Gasteiger partial charge in [0.25, 0.3) is 0 Å². The predicted molar refractivity (Wildman–Crippen MR) is 47.3 cm³/mol. The number of thioether (sulfide) groups is 1. The smallest absolute Gasteiger partial charge is 0.114 e. The summed E-state index contributed by atoms with van der Waals surface area (Å²) in [6, 6.07) is 0. The van der Waals surface area contributed by atoms with Gasteiger partial charge in [-0.3, -0.25) is 4.99 Å². The van der Waals surface area contributed by atoms with Crippen LogP contribution in [0.2, 0.25) is 0 Å². The van der Waals surface area contributed by atoms with E-state index in [1.54, 1.807) is 11.8 Å². The Morgan fingerprint density at radius 3 is 2.90 bits per heavy atom. The average molecular weight is 156 g/mol. The molecular formula is C7H12N2S. The van der Waals surface area contributed by atoms with Crippen molar-refractivity contribution in [3.63, 3.8) is 0 Å². The molecule has 1 aliphatic heterocycles. The first-order valence-corrected chi connectivity index (χ1v) is 4.33. The van der Waals surface area contributed by atoms with Crippen LogP contribution in [0.25, 0.3) is 0 Å². The Balaban J connectivity index is 2.65. The van der Waals surface area contributed by atoms with Gasteiger partial charge >= 0.3 is 0 Å². The first kappa shape index (κ1) is 7.66. The molecule has 1 fully saturated rings. The molecule has 0 bridgehead atoms. The molecule has 1 heterocycles. The summed E-state index contributed by atoms with van der Waals surface area (Å²) in [6.45, 7) is 6.79. The lowest BCUT2D eigenvalue weighted by Crippen LogP contribution is -2.19. The molecule has 0 aromatic rings. The zero-order chi connectivity index (χ0) is 7.56. The Labute approximate surface area is 66.0 Å². The van der Waals surface area contributed by atoms with E-state index in [0.29, 0.717) is 0 Å². The predicted octanol–water partition coefficient (Wildman–Crippen LogP) is 1.55. The van der Waals surface area contributed by atoms with Gasteiger partial charge in [-0.15, -0.1) is 11.8 Å². The van der Waals surface area contributed by atoms with Gasteiger partial charge in [-0.1, -0.05) is 6.58 Å². The van der Waals surface area contributed by atoms with Crippen LogP contribution in [0.4, 0.5) is 0 Å². The molecule has 2 nitrogen and oxygen atoms in total. The molecule has 1 rings (SSSR count). The number of amidine groups is 1. The average Bonchev–Trinajstić information content (AvgIpc) is 2.20. The standard InChI is InChI=1S/C7H12N2S/c1-4-8-7-5-10-6(2)9(7)3/h2,4-5H2,1,3H3. The molecule has 1 saturated heterocycles. The molecular weight excluding hydrogens is 144 g/mol. The fraction of sp³-hybridized carbons (Fsp3) is 0.571. The van der Waals surface area contributed by atoms with Gasteiger partial charge in [-0.05, 0) is 6.92 Å². The summed E-state index contributed by atoms with van der Waals surface area (Å²) in [6.07, 6.45) is 0. The topological polar surface area (TPSA) is 15.6 Å².